The summed E-state index contributed by atoms with van der Waals surface area (Å²) in [5.74, 6) is 0.684. The largest absolute Gasteiger partial charge is 0.314 e. The molecule has 1 aromatic rings. The van der Waals surface area contributed by atoms with E-state index in [0.29, 0.717) is 12.5 Å². The van der Waals surface area contributed by atoms with Gasteiger partial charge in [0.25, 0.3) is 5.56 Å². The predicted octanol–water partition coefficient (Wildman–Crippen LogP) is 2.79. The molecule has 18 heavy (non-hydrogen) atoms. The molecule has 0 bridgehead atoms. The van der Waals surface area contributed by atoms with E-state index in [9.17, 15) is 4.79 Å². The van der Waals surface area contributed by atoms with Crippen LogP contribution in [0.2, 0.25) is 0 Å². The molecule has 1 fully saturated rings. The van der Waals surface area contributed by atoms with Crippen LogP contribution in [0.25, 0.3) is 0 Å². The van der Waals surface area contributed by atoms with Crippen LogP contribution in [0.5, 0.6) is 0 Å². The Labute approximate surface area is 108 Å². The van der Waals surface area contributed by atoms with Gasteiger partial charge in [-0.25, -0.2) is 0 Å². The van der Waals surface area contributed by atoms with Gasteiger partial charge >= 0.3 is 0 Å². The third-order valence-electron chi connectivity index (χ3n) is 3.56. The van der Waals surface area contributed by atoms with Gasteiger partial charge in [-0.05, 0) is 31.7 Å². The lowest BCUT2D eigenvalue weighted by molar-refractivity contribution is 0.128. The van der Waals surface area contributed by atoms with Crippen molar-refractivity contribution in [1.82, 2.24) is 4.57 Å². The van der Waals surface area contributed by atoms with Gasteiger partial charge in [0.15, 0.2) is 0 Å². The maximum Gasteiger partial charge on any atom is 0.250 e. The fourth-order valence-corrected chi connectivity index (χ4v) is 2.44. The highest BCUT2D eigenvalue weighted by atomic mass is 16.6. The van der Waals surface area contributed by atoms with E-state index in [4.69, 9.17) is 4.84 Å². The standard InChI is InChI=1S/C14H22N2O2/c1-2-16-10-13(8-9-14(16)17)15-18-11-12-6-4-3-5-7-12/h8-10,12,15H,2-7,11H2,1H3. The van der Waals surface area contributed by atoms with E-state index in [2.05, 4.69) is 5.48 Å². The maximum atomic E-state index is 11.4. The third kappa shape index (κ3) is 3.60. The summed E-state index contributed by atoms with van der Waals surface area (Å²) < 4.78 is 1.66. The summed E-state index contributed by atoms with van der Waals surface area (Å²) in [5, 5.41) is 0. The second-order valence-corrected chi connectivity index (χ2v) is 4.96. The van der Waals surface area contributed by atoms with Gasteiger partial charge in [0.1, 0.15) is 0 Å². The Kier molecular flexibility index (Phi) is 4.81. The first-order valence-corrected chi connectivity index (χ1v) is 6.88. The number of nitrogens with zero attached hydrogens (tertiary/aromatic N) is 1. The molecule has 0 saturated heterocycles. The Morgan fingerprint density at radius 1 is 1.33 bits per heavy atom. The molecule has 0 aromatic carbocycles. The molecular formula is C14H22N2O2. The Hall–Kier alpha value is -1.29. The number of nitrogens with one attached hydrogen (secondary N) is 1. The molecule has 4 heteroatoms. The highest BCUT2D eigenvalue weighted by Crippen LogP contribution is 2.23. The molecule has 100 valence electrons. The third-order valence-corrected chi connectivity index (χ3v) is 3.56. The summed E-state index contributed by atoms with van der Waals surface area (Å²) in [4.78, 5) is 17.0. The van der Waals surface area contributed by atoms with Crippen LogP contribution < -0.4 is 11.0 Å². The molecule has 1 aliphatic rings. The van der Waals surface area contributed by atoms with Gasteiger partial charge in [-0.2, -0.15) is 0 Å². The topological polar surface area (TPSA) is 43.3 Å². The van der Waals surface area contributed by atoms with E-state index in [1.165, 1.54) is 32.1 Å². The Bertz CT molecular complexity index is 422. The summed E-state index contributed by atoms with van der Waals surface area (Å²) in [6.07, 6.45) is 8.37. The Morgan fingerprint density at radius 2 is 2.11 bits per heavy atom. The molecule has 0 atom stereocenters. The van der Waals surface area contributed by atoms with Gasteiger partial charge in [-0.3, -0.25) is 15.1 Å². The lowest BCUT2D eigenvalue weighted by Gasteiger charge is -2.21. The smallest absolute Gasteiger partial charge is 0.250 e. The number of anilines is 1. The van der Waals surface area contributed by atoms with Gasteiger partial charge in [0.05, 0.1) is 12.3 Å². The summed E-state index contributed by atoms with van der Waals surface area (Å²) in [7, 11) is 0. The average Bonchev–Trinajstić information content (AvgIpc) is 2.42. The molecule has 1 heterocycles. The van der Waals surface area contributed by atoms with Gasteiger partial charge in [-0.1, -0.05) is 19.3 Å². The Morgan fingerprint density at radius 3 is 2.83 bits per heavy atom. The SMILES string of the molecule is CCn1cc(NOCC2CCCCC2)ccc1=O. The van der Waals surface area contributed by atoms with Crippen LogP contribution in [0, 0.1) is 5.92 Å². The molecule has 0 radical (unpaired) electrons. The van der Waals surface area contributed by atoms with Crippen LogP contribution in [0.15, 0.2) is 23.1 Å². The van der Waals surface area contributed by atoms with E-state index < -0.39 is 0 Å². The van der Waals surface area contributed by atoms with E-state index in [-0.39, 0.29) is 5.56 Å². The maximum absolute atomic E-state index is 11.4. The van der Waals surface area contributed by atoms with Crippen molar-refractivity contribution in [3.8, 4) is 0 Å². The van der Waals surface area contributed by atoms with Crippen LogP contribution in [0.1, 0.15) is 39.0 Å². The van der Waals surface area contributed by atoms with Crippen molar-refractivity contribution in [3.05, 3.63) is 28.7 Å². The molecule has 0 aliphatic heterocycles. The van der Waals surface area contributed by atoms with Crippen molar-refractivity contribution in [3.63, 3.8) is 0 Å². The zero-order chi connectivity index (χ0) is 12.8. The van der Waals surface area contributed by atoms with Gasteiger partial charge < -0.3 is 4.57 Å². The van der Waals surface area contributed by atoms with Gasteiger partial charge in [0, 0.05) is 18.8 Å². The second kappa shape index (κ2) is 6.59. The van der Waals surface area contributed by atoms with E-state index in [0.717, 1.165) is 12.3 Å². The first-order chi connectivity index (χ1) is 8.79. The van der Waals surface area contributed by atoms with Crippen molar-refractivity contribution < 1.29 is 4.84 Å². The summed E-state index contributed by atoms with van der Waals surface area (Å²) in [6.45, 7) is 3.39. The first kappa shape index (κ1) is 13.1. The molecule has 4 nitrogen and oxygen atoms in total. The lowest BCUT2D eigenvalue weighted by atomic mass is 9.90. The monoisotopic (exact) mass is 250 g/mol. The average molecular weight is 250 g/mol. The van der Waals surface area contributed by atoms with Crippen molar-refractivity contribution in [2.45, 2.75) is 45.6 Å². The van der Waals surface area contributed by atoms with Gasteiger partial charge in [0.2, 0.25) is 0 Å². The second-order valence-electron chi connectivity index (χ2n) is 4.96. The molecule has 2 rings (SSSR count). The highest BCUT2D eigenvalue weighted by Gasteiger charge is 2.13. The first-order valence-electron chi connectivity index (χ1n) is 6.88. The molecule has 1 saturated carbocycles. The zero-order valence-corrected chi connectivity index (χ0v) is 11.0. The van der Waals surface area contributed by atoms with Crippen LogP contribution in [-0.2, 0) is 11.4 Å². The van der Waals surface area contributed by atoms with Crippen molar-refractivity contribution in [2.75, 3.05) is 12.1 Å². The predicted molar refractivity (Wildman–Crippen MR) is 72.5 cm³/mol. The van der Waals surface area contributed by atoms with Crippen LogP contribution >= 0.6 is 0 Å². The van der Waals surface area contributed by atoms with E-state index in [1.807, 2.05) is 6.92 Å². The number of hydrogen-bond donors (Lipinski definition) is 1. The number of rotatable bonds is 5. The lowest BCUT2D eigenvalue weighted by Crippen LogP contribution is -2.19. The van der Waals surface area contributed by atoms with Crippen LogP contribution in [0.3, 0.4) is 0 Å². The fourth-order valence-electron chi connectivity index (χ4n) is 2.44. The van der Waals surface area contributed by atoms with E-state index >= 15 is 0 Å². The minimum atomic E-state index is 0.0235. The number of aromatic nitrogens is 1. The minimum absolute atomic E-state index is 0.0235. The fraction of sp³-hybridized carbons (Fsp3) is 0.643. The molecule has 1 aromatic heterocycles. The number of aryl methyl sites for hydroxylation is 1. The highest BCUT2D eigenvalue weighted by molar-refractivity contribution is 5.37. The van der Waals surface area contributed by atoms with Crippen molar-refractivity contribution in [1.29, 1.82) is 0 Å². The molecule has 0 amide bonds. The van der Waals surface area contributed by atoms with Crippen LogP contribution in [0.4, 0.5) is 5.69 Å². The zero-order valence-electron chi connectivity index (χ0n) is 11.0. The van der Waals surface area contributed by atoms with Gasteiger partial charge in [-0.15, -0.1) is 0 Å². The van der Waals surface area contributed by atoms with Crippen molar-refractivity contribution >= 4 is 5.69 Å². The normalized spacial score (nSPS) is 16.7. The molecule has 1 aliphatic carbocycles. The van der Waals surface area contributed by atoms with Crippen molar-refractivity contribution in [2.24, 2.45) is 5.92 Å². The quantitative estimate of drug-likeness (QED) is 0.817. The Balaban J connectivity index is 1.80. The van der Waals surface area contributed by atoms with Crippen LogP contribution in [-0.4, -0.2) is 11.2 Å². The molecular weight excluding hydrogens is 228 g/mol. The molecule has 0 unspecified atom stereocenters. The summed E-state index contributed by atoms with van der Waals surface area (Å²) in [6, 6.07) is 3.32. The molecule has 0 spiro atoms. The number of hydrogen-bond acceptors (Lipinski definition) is 3. The summed E-state index contributed by atoms with van der Waals surface area (Å²) in [5.41, 5.74) is 3.80. The summed E-state index contributed by atoms with van der Waals surface area (Å²) >= 11 is 0. The molecule has 1 N–H and O–H groups in total. The number of pyridine rings is 1. The van der Waals surface area contributed by atoms with E-state index in [1.54, 1.807) is 22.9 Å². The minimum Gasteiger partial charge on any atom is -0.314 e.